The molecule has 10 heteroatoms. The summed E-state index contributed by atoms with van der Waals surface area (Å²) in [4.78, 5) is 49.8. The maximum Gasteiger partial charge on any atom is 0.343 e. The molecule has 3 aromatic rings. The van der Waals surface area contributed by atoms with E-state index in [0.29, 0.717) is 28.6 Å². The number of carbonyl (C=O) groups is 3. The number of amides is 2. The first-order chi connectivity index (χ1) is 16.9. The number of imide groups is 1. The van der Waals surface area contributed by atoms with E-state index in [-0.39, 0.29) is 28.5 Å². The summed E-state index contributed by atoms with van der Waals surface area (Å²) in [5, 5.41) is 10.7. The van der Waals surface area contributed by atoms with Gasteiger partial charge < -0.3 is 9.47 Å². The second-order valence-electron chi connectivity index (χ2n) is 7.31. The molecule has 0 radical (unpaired) electrons. The molecule has 2 amide bonds. The molecule has 9 nitrogen and oxygen atoms in total. The van der Waals surface area contributed by atoms with Crippen molar-refractivity contribution in [3.05, 3.63) is 105 Å². The highest BCUT2D eigenvalue weighted by atomic mass is 32.2. The average molecular weight is 490 g/mol. The minimum Gasteiger partial charge on any atom is -0.497 e. The molecule has 176 valence electrons. The minimum absolute atomic E-state index is 0.113. The number of rotatable bonds is 7. The van der Waals surface area contributed by atoms with Crippen molar-refractivity contribution in [2.24, 2.45) is 0 Å². The van der Waals surface area contributed by atoms with Crippen LogP contribution in [0.5, 0.6) is 11.5 Å². The van der Waals surface area contributed by atoms with Crippen molar-refractivity contribution in [2.75, 3.05) is 7.11 Å². The molecular weight excluding hydrogens is 472 g/mol. The van der Waals surface area contributed by atoms with Crippen molar-refractivity contribution in [1.82, 2.24) is 4.90 Å². The number of ether oxygens (including phenoxy) is 2. The fourth-order valence-electron chi connectivity index (χ4n) is 3.35. The first-order valence-electron chi connectivity index (χ1n) is 10.3. The van der Waals surface area contributed by atoms with Gasteiger partial charge in [0.05, 0.1) is 29.0 Å². The van der Waals surface area contributed by atoms with Crippen LogP contribution in [0.2, 0.25) is 0 Å². The number of esters is 1. The standard InChI is InChI=1S/C25H18N2O7S/c1-33-19-12-10-16(11-13-19)24(29)34-21-9-5-3-6-17(21)14-22-23(28)26(25(30)35-22)15-18-7-2-4-8-20(18)27(31)32/h2-14H,15H2,1H3/b22-14-. The van der Waals surface area contributed by atoms with Crippen molar-refractivity contribution in [3.63, 3.8) is 0 Å². The van der Waals surface area contributed by atoms with Gasteiger partial charge in [-0.25, -0.2) is 4.79 Å². The Morgan fingerprint density at radius 1 is 1.03 bits per heavy atom. The van der Waals surface area contributed by atoms with E-state index in [0.717, 1.165) is 4.90 Å². The molecule has 0 saturated carbocycles. The largest absolute Gasteiger partial charge is 0.497 e. The lowest BCUT2D eigenvalue weighted by Gasteiger charge is -2.12. The Morgan fingerprint density at radius 2 is 1.71 bits per heavy atom. The topological polar surface area (TPSA) is 116 Å². The predicted octanol–water partition coefficient (Wildman–Crippen LogP) is 5.06. The fraction of sp³-hybridized carbons (Fsp3) is 0.0800. The number of hydrogen-bond acceptors (Lipinski definition) is 8. The Bertz CT molecular complexity index is 1350. The van der Waals surface area contributed by atoms with E-state index in [1.807, 2.05) is 0 Å². The van der Waals surface area contributed by atoms with Crippen molar-refractivity contribution >= 4 is 40.6 Å². The van der Waals surface area contributed by atoms with E-state index in [9.17, 15) is 24.5 Å². The van der Waals surface area contributed by atoms with Crippen LogP contribution in [0.3, 0.4) is 0 Å². The van der Waals surface area contributed by atoms with Gasteiger partial charge in [-0.2, -0.15) is 0 Å². The second-order valence-corrected chi connectivity index (χ2v) is 8.30. The van der Waals surface area contributed by atoms with Gasteiger partial charge >= 0.3 is 5.97 Å². The maximum absolute atomic E-state index is 12.9. The molecule has 4 rings (SSSR count). The van der Waals surface area contributed by atoms with Crippen LogP contribution in [-0.2, 0) is 11.3 Å². The summed E-state index contributed by atoms with van der Waals surface area (Å²) >= 11 is 0.712. The quantitative estimate of drug-likeness (QED) is 0.148. The molecule has 0 spiro atoms. The molecule has 0 bridgehead atoms. The zero-order valence-electron chi connectivity index (χ0n) is 18.4. The molecule has 1 aliphatic heterocycles. The lowest BCUT2D eigenvalue weighted by atomic mass is 10.1. The van der Waals surface area contributed by atoms with Gasteiger partial charge in [-0.05, 0) is 48.2 Å². The molecule has 0 N–H and O–H groups in total. The second kappa shape index (κ2) is 10.2. The van der Waals surface area contributed by atoms with Crippen LogP contribution < -0.4 is 9.47 Å². The van der Waals surface area contributed by atoms with Crippen LogP contribution in [0.15, 0.2) is 77.7 Å². The van der Waals surface area contributed by atoms with Crippen LogP contribution in [0.25, 0.3) is 6.08 Å². The third kappa shape index (κ3) is 5.22. The highest BCUT2D eigenvalue weighted by molar-refractivity contribution is 8.18. The predicted molar refractivity (Wildman–Crippen MR) is 129 cm³/mol. The van der Waals surface area contributed by atoms with Crippen LogP contribution in [-0.4, -0.2) is 34.0 Å². The lowest BCUT2D eigenvalue weighted by molar-refractivity contribution is -0.385. The molecule has 1 aliphatic rings. The molecule has 1 saturated heterocycles. The Balaban J connectivity index is 1.55. The average Bonchev–Trinajstić information content (AvgIpc) is 3.12. The number of nitro groups is 1. The smallest absolute Gasteiger partial charge is 0.343 e. The van der Waals surface area contributed by atoms with E-state index in [2.05, 4.69) is 0 Å². The van der Waals surface area contributed by atoms with Gasteiger partial charge in [-0.1, -0.05) is 36.4 Å². The van der Waals surface area contributed by atoms with E-state index < -0.39 is 22.0 Å². The van der Waals surface area contributed by atoms with Crippen LogP contribution in [0.4, 0.5) is 10.5 Å². The lowest BCUT2D eigenvalue weighted by Crippen LogP contribution is -2.27. The number of benzene rings is 3. The van der Waals surface area contributed by atoms with Gasteiger partial charge in [0.1, 0.15) is 11.5 Å². The number of thioether (sulfide) groups is 1. The summed E-state index contributed by atoms with van der Waals surface area (Å²) in [6.45, 7) is -0.229. The van der Waals surface area contributed by atoms with Gasteiger partial charge in [0.15, 0.2) is 0 Å². The third-order valence-corrected chi connectivity index (χ3v) is 6.03. The fourth-order valence-corrected chi connectivity index (χ4v) is 4.18. The molecule has 0 atom stereocenters. The Morgan fingerprint density at radius 3 is 2.43 bits per heavy atom. The number of methoxy groups -OCH3 is 1. The maximum atomic E-state index is 12.9. The summed E-state index contributed by atoms with van der Waals surface area (Å²) in [6, 6.07) is 18.9. The molecule has 0 aromatic heterocycles. The molecule has 3 aromatic carbocycles. The molecule has 0 unspecified atom stereocenters. The van der Waals surface area contributed by atoms with Crippen LogP contribution in [0, 0.1) is 10.1 Å². The van der Waals surface area contributed by atoms with Gasteiger partial charge in [0.2, 0.25) is 0 Å². The number of para-hydroxylation sites is 2. The molecule has 0 aliphatic carbocycles. The van der Waals surface area contributed by atoms with Gasteiger partial charge in [0.25, 0.3) is 16.8 Å². The Labute approximate surface area is 204 Å². The first kappa shape index (κ1) is 23.7. The summed E-state index contributed by atoms with van der Waals surface area (Å²) in [7, 11) is 1.52. The number of hydrogen-bond donors (Lipinski definition) is 0. The Hall–Kier alpha value is -4.44. The van der Waals surface area contributed by atoms with Crippen molar-refractivity contribution in [3.8, 4) is 11.5 Å². The molecule has 1 heterocycles. The Kier molecular flexibility index (Phi) is 6.93. The van der Waals surface area contributed by atoms with Crippen molar-refractivity contribution in [1.29, 1.82) is 0 Å². The highest BCUT2D eigenvalue weighted by Crippen LogP contribution is 2.36. The number of carbonyl (C=O) groups excluding carboxylic acids is 3. The third-order valence-electron chi connectivity index (χ3n) is 5.12. The van der Waals surface area contributed by atoms with E-state index in [4.69, 9.17) is 9.47 Å². The summed E-state index contributed by atoms with van der Waals surface area (Å²) in [5.74, 6) is -0.384. The normalized spacial score (nSPS) is 14.3. The number of nitrogens with zero attached hydrogens (tertiary/aromatic N) is 2. The zero-order valence-corrected chi connectivity index (χ0v) is 19.2. The highest BCUT2D eigenvalue weighted by Gasteiger charge is 2.36. The molecule has 1 fully saturated rings. The molecular formula is C25H18N2O7S. The summed E-state index contributed by atoms with van der Waals surface area (Å²) < 4.78 is 10.6. The van der Waals surface area contributed by atoms with Crippen molar-refractivity contribution < 1.29 is 28.8 Å². The van der Waals surface area contributed by atoms with E-state index in [1.165, 1.54) is 31.4 Å². The van der Waals surface area contributed by atoms with E-state index in [1.54, 1.807) is 54.6 Å². The van der Waals surface area contributed by atoms with Gasteiger partial charge in [-0.15, -0.1) is 0 Å². The van der Waals surface area contributed by atoms with Crippen molar-refractivity contribution in [2.45, 2.75) is 6.54 Å². The van der Waals surface area contributed by atoms with E-state index >= 15 is 0 Å². The summed E-state index contributed by atoms with van der Waals surface area (Å²) in [5.41, 5.74) is 0.803. The minimum atomic E-state index is -0.599. The first-order valence-corrected chi connectivity index (χ1v) is 11.1. The SMILES string of the molecule is COc1ccc(C(=O)Oc2ccccc2/C=C2\SC(=O)N(Cc3ccccc3[N+](=O)[O-])C2=O)cc1. The number of nitro benzene ring substituents is 1. The van der Waals surface area contributed by atoms with Gasteiger partial charge in [-0.3, -0.25) is 24.6 Å². The molecule has 35 heavy (non-hydrogen) atoms. The zero-order chi connectivity index (χ0) is 24.9. The van der Waals surface area contributed by atoms with Gasteiger partial charge in [0, 0.05) is 17.2 Å². The van der Waals surface area contributed by atoms with Crippen LogP contribution in [0.1, 0.15) is 21.5 Å². The van der Waals surface area contributed by atoms with Crippen LogP contribution >= 0.6 is 11.8 Å². The summed E-state index contributed by atoms with van der Waals surface area (Å²) in [6.07, 6.45) is 1.46. The monoisotopic (exact) mass is 490 g/mol.